The molecule has 1 aromatic carbocycles. The van der Waals surface area contributed by atoms with Gasteiger partial charge in [-0.25, -0.2) is 0 Å². The van der Waals surface area contributed by atoms with Crippen LogP contribution >= 0.6 is 0 Å². The van der Waals surface area contributed by atoms with Gasteiger partial charge in [-0.2, -0.15) is 0 Å². The van der Waals surface area contributed by atoms with Gasteiger partial charge in [-0.15, -0.1) is 0 Å². The quantitative estimate of drug-likeness (QED) is 0.857. The van der Waals surface area contributed by atoms with Crippen molar-refractivity contribution in [3.63, 3.8) is 0 Å². The molecule has 0 aromatic heterocycles. The third kappa shape index (κ3) is 3.45. The average molecular weight is 234 g/mol. The highest BCUT2D eigenvalue weighted by atomic mass is 16.5. The molecule has 3 nitrogen and oxygen atoms in total. The van der Waals surface area contributed by atoms with E-state index in [0.717, 1.165) is 32.7 Å². The molecule has 0 spiro atoms. The van der Waals surface area contributed by atoms with Crippen molar-refractivity contribution in [2.45, 2.75) is 19.4 Å². The van der Waals surface area contributed by atoms with Crippen LogP contribution in [0.1, 0.15) is 12.5 Å². The van der Waals surface area contributed by atoms with E-state index in [1.165, 1.54) is 11.3 Å². The second-order valence-corrected chi connectivity index (χ2v) is 4.63. The lowest BCUT2D eigenvalue weighted by atomic mass is 10.1. The maximum Gasteiger partial charge on any atom is 0.0637 e. The number of ether oxygens (including phenoxy) is 1. The smallest absolute Gasteiger partial charge is 0.0637 e. The number of benzene rings is 1. The Hall–Kier alpha value is -1.06. The lowest BCUT2D eigenvalue weighted by molar-refractivity contribution is 0.0791. The molecule has 1 fully saturated rings. The molecule has 0 aliphatic carbocycles. The first-order valence-corrected chi connectivity index (χ1v) is 6.41. The summed E-state index contributed by atoms with van der Waals surface area (Å²) in [5, 5.41) is 3.48. The van der Waals surface area contributed by atoms with E-state index in [9.17, 15) is 0 Å². The van der Waals surface area contributed by atoms with Gasteiger partial charge in [0, 0.05) is 31.9 Å². The summed E-state index contributed by atoms with van der Waals surface area (Å²) in [4.78, 5) is 2.28. The van der Waals surface area contributed by atoms with Crippen LogP contribution < -0.4 is 10.2 Å². The molecular formula is C14H22N2O. The van der Waals surface area contributed by atoms with Gasteiger partial charge in [-0.05, 0) is 24.1 Å². The largest absolute Gasteiger partial charge is 0.378 e. The Labute approximate surface area is 104 Å². The third-order valence-corrected chi connectivity index (χ3v) is 3.28. The minimum Gasteiger partial charge on any atom is -0.378 e. The fraction of sp³-hybridized carbons (Fsp3) is 0.571. The second kappa shape index (κ2) is 6.03. The zero-order chi connectivity index (χ0) is 12.1. The number of nitrogens with one attached hydrogen (secondary N) is 1. The average Bonchev–Trinajstić information content (AvgIpc) is 2.40. The summed E-state index contributed by atoms with van der Waals surface area (Å²) in [6.07, 6.45) is 1.10. The summed E-state index contributed by atoms with van der Waals surface area (Å²) in [5.41, 5.74) is 2.66. The van der Waals surface area contributed by atoms with Crippen molar-refractivity contribution in [2.24, 2.45) is 0 Å². The van der Waals surface area contributed by atoms with Crippen molar-refractivity contribution in [3.8, 4) is 0 Å². The van der Waals surface area contributed by atoms with Crippen LogP contribution in [0, 0.1) is 0 Å². The van der Waals surface area contributed by atoms with Crippen LogP contribution in [0.4, 0.5) is 5.69 Å². The summed E-state index contributed by atoms with van der Waals surface area (Å²) >= 11 is 0. The van der Waals surface area contributed by atoms with Gasteiger partial charge in [0.1, 0.15) is 0 Å². The normalized spacial score (nSPS) is 20.2. The Morgan fingerprint density at radius 3 is 2.71 bits per heavy atom. The molecule has 1 aliphatic heterocycles. The minimum absolute atomic E-state index is 0.444. The lowest BCUT2D eigenvalue weighted by Gasteiger charge is -2.29. The number of aryl methyl sites for hydroxylation is 1. The number of hydrogen-bond acceptors (Lipinski definition) is 3. The summed E-state index contributed by atoms with van der Waals surface area (Å²) in [7, 11) is 2.14. The zero-order valence-electron chi connectivity index (χ0n) is 10.8. The Balaban J connectivity index is 1.91. The Morgan fingerprint density at radius 2 is 2.12 bits per heavy atom. The maximum atomic E-state index is 5.47. The first kappa shape index (κ1) is 12.4. The molecule has 1 N–H and O–H groups in total. The van der Waals surface area contributed by atoms with Gasteiger partial charge in [0.2, 0.25) is 0 Å². The van der Waals surface area contributed by atoms with E-state index in [-0.39, 0.29) is 0 Å². The van der Waals surface area contributed by atoms with E-state index in [1.54, 1.807) is 0 Å². The molecule has 1 aliphatic rings. The van der Waals surface area contributed by atoms with E-state index < -0.39 is 0 Å². The van der Waals surface area contributed by atoms with Gasteiger partial charge in [0.15, 0.2) is 0 Å². The molecular weight excluding hydrogens is 212 g/mol. The number of rotatable bonds is 4. The molecule has 1 heterocycles. The molecule has 0 saturated carbocycles. The van der Waals surface area contributed by atoms with E-state index in [4.69, 9.17) is 4.74 Å². The van der Waals surface area contributed by atoms with Crippen LogP contribution in [0.15, 0.2) is 24.3 Å². The number of hydrogen-bond donors (Lipinski definition) is 1. The number of likely N-dealkylation sites (N-methyl/N-ethyl adjacent to an activating group) is 1. The topological polar surface area (TPSA) is 24.5 Å². The van der Waals surface area contributed by atoms with E-state index >= 15 is 0 Å². The van der Waals surface area contributed by atoms with Crippen molar-refractivity contribution >= 4 is 5.69 Å². The highest BCUT2D eigenvalue weighted by Crippen LogP contribution is 2.14. The highest BCUT2D eigenvalue weighted by molar-refractivity contribution is 5.47. The van der Waals surface area contributed by atoms with Gasteiger partial charge >= 0.3 is 0 Å². The standard InChI is InChI=1S/C14H22N2O/c1-3-12-4-6-14(7-5-12)16(2)10-13-11-17-9-8-15-13/h4-7,13,15H,3,8-11H2,1-2H3. The summed E-state index contributed by atoms with van der Waals surface area (Å²) in [6.45, 7) is 5.80. The van der Waals surface area contributed by atoms with Crippen molar-refractivity contribution in [2.75, 3.05) is 38.3 Å². The fourth-order valence-electron chi connectivity index (χ4n) is 2.16. The van der Waals surface area contributed by atoms with Crippen LogP contribution in [0.3, 0.4) is 0 Å². The van der Waals surface area contributed by atoms with Crippen molar-refractivity contribution in [1.29, 1.82) is 0 Å². The van der Waals surface area contributed by atoms with Crippen molar-refractivity contribution in [1.82, 2.24) is 5.32 Å². The molecule has 3 heteroatoms. The van der Waals surface area contributed by atoms with Crippen LogP contribution in [0.5, 0.6) is 0 Å². The monoisotopic (exact) mass is 234 g/mol. The van der Waals surface area contributed by atoms with E-state index in [0.29, 0.717) is 6.04 Å². The summed E-state index contributed by atoms with van der Waals surface area (Å²) in [6, 6.07) is 9.25. The minimum atomic E-state index is 0.444. The molecule has 94 valence electrons. The first-order chi connectivity index (χ1) is 8.29. The molecule has 1 atom stereocenters. The van der Waals surface area contributed by atoms with Crippen molar-refractivity contribution in [3.05, 3.63) is 29.8 Å². The van der Waals surface area contributed by atoms with Crippen LogP contribution in [0.25, 0.3) is 0 Å². The molecule has 0 bridgehead atoms. The van der Waals surface area contributed by atoms with Crippen LogP contribution in [-0.2, 0) is 11.2 Å². The number of anilines is 1. The zero-order valence-corrected chi connectivity index (χ0v) is 10.8. The van der Waals surface area contributed by atoms with E-state index in [1.807, 2.05) is 0 Å². The fourth-order valence-corrected chi connectivity index (χ4v) is 2.16. The van der Waals surface area contributed by atoms with E-state index in [2.05, 4.69) is 48.5 Å². The SMILES string of the molecule is CCc1ccc(N(C)CC2COCCN2)cc1. The number of morpholine rings is 1. The van der Waals surface area contributed by atoms with Gasteiger partial charge in [0.05, 0.1) is 13.2 Å². The molecule has 0 amide bonds. The third-order valence-electron chi connectivity index (χ3n) is 3.28. The van der Waals surface area contributed by atoms with Gasteiger partial charge < -0.3 is 15.0 Å². The summed E-state index contributed by atoms with van der Waals surface area (Å²) < 4.78 is 5.47. The molecule has 2 rings (SSSR count). The van der Waals surface area contributed by atoms with Gasteiger partial charge in [-0.3, -0.25) is 0 Å². The van der Waals surface area contributed by atoms with Crippen molar-refractivity contribution < 1.29 is 4.74 Å². The predicted molar refractivity (Wildman–Crippen MR) is 71.7 cm³/mol. The number of nitrogens with zero attached hydrogens (tertiary/aromatic N) is 1. The Morgan fingerprint density at radius 1 is 1.35 bits per heavy atom. The summed E-state index contributed by atoms with van der Waals surface area (Å²) in [5.74, 6) is 0. The lowest BCUT2D eigenvalue weighted by Crippen LogP contribution is -2.47. The van der Waals surface area contributed by atoms with Crippen LogP contribution in [-0.4, -0.2) is 39.4 Å². The van der Waals surface area contributed by atoms with Crippen LogP contribution in [0.2, 0.25) is 0 Å². The Bertz CT molecular complexity index is 331. The first-order valence-electron chi connectivity index (χ1n) is 6.41. The Kier molecular flexibility index (Phi) is 4.40. The van der Waals surface area contributed by atoms with Gasteiger partial charge in [-0.1, -0.05) is 19.1 Å². The molecule has 1 aromatic rings. The predicted octanol–water partition coefficient (Wildman–Crippen LogP) is 1.67. The highest BCUT2D eigenvalue weighted by Gasteiger charge is 2.15. The molecule has 1 saturated heterocycles. The maximum absolute atomic E-state index is 5.47. The second-order valence-electron chi connectivity index (χ2n) is 4.63. The molecule has 1 unspecified atom stereocenters. The molecule has 0 radical (unpaired) electrons. The van der Waals surface area contributed by atoms with Gasteiger partial charge in [0.25, 0.3) is 0 Å². The molecule has 17 heavy (non-hydrogen) atoms.